The molecule has 5 nitrogen and oxygen atoms in total. The minimum atomic E-state index is -0.851. The van der Waals surface area contributed by atoms with E-state index >= 15 is 0 Å². The minimum Gasteiger partial charge on any atom is -0.462 e. The number of esters is 1. The lowest BCUT2D eigenvalue weighted by atomic mass is 10.1. The van der Waals surface area contributed by atoms with Crippen LogP contribution in [0.15, 0.2) is 18.3 Å². The first-order valence-electron chi connectivity index (χ1n) is 6.71. The largest absolute Gasteiger partial charge is 0.462 e. The van der Waals surface area contributed by atoms with Crippen molar-refractivity contribution in [2.75, 3.05) is 30.3 Å². The minimum absolute atomic E-state index is 0.304. The lowest BCUT2D eigenvalue weighted by molar-refractivity contribution is 0.0526. The van der Waals surface area contributed by atoms with E-state index < -0.39 is 10.8 Å². The smallest absolute Gasteiger partial charge is 0.341 e. The summed E-state index contributed by atoms with van der Waals surface area (Å²) in [5, 5.41) is 0. The highest BCUT2D eigenvalue weighted by Crippen LogP contribution is 2.26. The molecule has 0 bridgehead atoms. The molecule has 0 aromatic carbocycles. The van der Waals surface area contributed by atoms with Crippen molar-refractivity contribution in [3.63, 3.8) is 0 Å². The van der Waals surface area contributed by atoms with Gasteiger partial charge in [-0.25, -0.2) is 9.78 Å². The van der Waals surface area contributed by atoms with Crippen LogP contribution >= 0.6 is 0 Å². The van der Waals surface area contributed by atoms with Gasteiger partial charge in [-0.3, -0.25) is 4.21 Å². The fourth-order valence-corrected chi connectivity index (χ4v) is 3.52. The number of pyridine rings is 1. The standard InChI is InChI=1S/C14H20N2O3S/c1-4-19-13(17)11-6-5-7-15-12(11)16-8-9-20(18)14(2,3)10-16/h5-7H,4,8-10H2,1-3H3/t20-/m0/s1. The van der Waals surface area contributed by atoms with E-state index in [2.05, 4.69) is 4.98 Å². The maximum atomic E-state index is 12.0. The molecule has 0 aliphatic carbocycles. The molecule has 20 heavy (non-hydrogen) atoms. The molecule has 0 N–H and O–H groups in total. The molecule has 0 amide bonds. The summed E-state index contributed by atoms with van der Waals surface area (Å²) >= 11 is 0. The molecular formula is C14H20N2O3S. The van der Waals surface area contributed by atoms with Crippen LogP contribution in [-0.4, -0.2) is 45.4 Å². The van der Waals surface area contributed by atoms with Gasteiger partial charge < -0.3 is 9.64 Å². The number of ether oxygens (including phenoxy) is 1. The van der Waals surface area contributed by atoms with Crippen LogP contribution in [-0.2, 0) is 15.5 Å². The number of hydrogen-bond donors (Lipinski definition) is 0. The maximum Gasteiger partial charge on any atom is 0.341 e. The maximum absolute atomic E-state index is 12.0. The van der Waals surface area contributed by atoms with Crippen LogP contribution in [0.25, 0.3) is 0 Å². The Morgan fingerprint density at radius 1 is 1.55 bits per heavy atom. The lowest BCUT2D eigenvalue weighted by Crippen LogP contribution is -2.50. The first-order chi connectivity index (χ1) is 9.45. The van der Waals surface area contributed by atoms with Gasteiger partial charge in [0.15, 0.2) is 0 Å². The second-order valence-corrected chi connectivity index (χ2v) is 7.53. The fourth-order valence-electron chi connectivity index (χ4n) is 2.28. The quantitative estimate of drug-likeness (QED) is 0.793. The molecule has 0 unspecified atom stereocenters. The summed E-state index contributed by atoms with van der Waals surface area (Å²) in [4.78, 5) is 18.3. The van der Waals surface area contributed by atoms with Crippen molar-refractivity contribution in [2.24, 2.45) is 0 Å². The number of carbonyl (C=O) groups excluding carboxylic acids is 1. The van der Waals surface area contributed by atoms with Gasteiger partial charge in [0, 0.05) is 35.8 Å². The van der Waals surface area contributed by atoms with Crippen LogP contribution in [0.4, 0.5) is 5.82 Å². The summed E-state index contributed by atoms with van der Waals surface area (Å²) in [6, 6.07) is 3.45. The van der Waals surface area contributed by atoms with Gasteiger partial charge >= 0.3 is 5.97 Å². The van der Waals surface area contributed by atoms with E-state index in [4.69, 9.17) is 4.74 Å². The summed E-state index contributed by atoms with van der Waals surface area (Å²) in [5.74, 6) is 0.849. The van der Waals surface area contributed by atoms with Gasteiger partial charge in [0.05, 0.1) is 11.4 Å². The van der Waals surface area contributed by atoms with E-state index in [-0.39, 0.29) is 10.7 Å². The highest BCUT2D eigenvalue weighted by atomic mass is 32.2. The zero-order valence-electron chi connectivity index (χ0n) is 12.1. The first-order valence-corrected chi connectivity index (χ1v) is 8.03. The zero-order chi connectivity index (χ0) is 14.8. The van der Waals surface area contributed by atoms with E-state index in [1.165, 1.54) is 0 Å². The topological polar surface area (TPSA) is 59.5 Å². The average molecular weight is 296 g/mol. The molecule has 1 aromatic heterocycles. The van der Waals surface area contributed by atoms with Crippen LogP contribution in [0.2, 0.25) is 0 Å². The summed E-state index contributed by atoms with van der Waals surface area (Å²) in [6.45, 7) is 7.32. The van der Waals surface area contributed by atoms with Gasteiger partial charge in [0.2, 0.25) is 0 Å². The second kappa shape index (κ2) is 5.91. The Bertz CT molecular complexity index is 531. The van der Waals surface area contributed by atoms with Gasteiger partial charge in [0.1, 0.15) is 11.4 Å². The number of carbonyl (C=O) groups is 1. The van der Waals surface area contributed by atoms with E-state index in [1.54, 1.807) is 25.3 Å². The Hall–Kier alpha value is -1.43. The summed E-state index contributed by atoms with van der Waals surface area (Å²) in [7, 11) is -0.851. The number of aromatic nitrogens is 1. The summed E-state index contributed by atoms with van der Waals surface area (Å²) in [5.41, 5.74) is 0.470. The predicted molar refractivity (Wildman–Crippen MR) is 79.5 cm³/mol. The lowest BCUT2D eigenvalue weighted by Gasteiger charge is -2.38. The van der Waals surface area contributed by atoms with Crippen molar-refractivity contribution >= 4 is 22.6 Å². The molecule has 1 saturated heterocycles. The summed E-state index contributed by atoms with van der Waals surface area (Å²) < 4.78 is 16.7. The Labute approximate surface area is 121 Å². The first kappa shape index (κ1) is 15.0. The van der Waals surface area contributed by atoms with Crippen molar-refractivity contribution in [1.29, 1.82) is 0 Å². The molecule has 1 atom stereocenters. The van der Waals surface area contributed by atoms with Crippen LogP contribution in [0.1, 0.15) is 31.1 Å². The second-order valence-electron chi connectivity index (χ2n) is 5.33. The summed E-state index contributed by atoms with van der Waals surface area (Å²) in [6.07, 6.45) is 1.66. The van der Waals surface area contributed by atoms with Crippen molar-refractivity contribution in [1.82, 2.24) is 4.98 Å². The SMILES string of the molecule is CCOC(=O)c1cccnc1N1CC[S@](=O)C(C)(C)C1. The third kappa shape index (κ3) is 3.00. The molecule has 6 heteroatoms. The molecule has 1 aliphatic rings. The molecule has 0 spiro atoms. The monoisotopic (exact) mass is 296 g/mol. The van der Waals surface area contributed by atoms with Crippen molar-refractivity contribution in [3.05, 3.63) is 23.9 Å². The Balaban J connectivity index is 2.29. The normalized spacial score (nSPS) is 21.6. The molecule has 1 aliphatic heterocycles. The Morgan fingerprint density at radius 2 is 2.30 bits per heavy atom. The number of rotatable bonds is 3. The van der Waals surface area contributed by atoms with Crippen molar-refractivity contribution in [2.45, 2.75) is 25.5 Å². The van der Waals surface area contributed by atoms with Gasteiger partial charge in [-0.1, -0.05) is 0 Å². The van der Waals surface area contributed by atoms with E-state index in [9.17, 15) is 9.00 Å². The third-order valence-electron chi connectivity index (χ3n) is 3.32. The van der Waals surface area contributed by atoms with E-state index in [0.29, 0.717) is 36.8 Å². The number of hydrogen-bond acceptors (Lipinski definition) is 5. The number of anilines is 1. The Morgan fingerprint density at radius 3 is 2.95 bits per heavy atom. The molecule has 1 aromatic rings. The van der Waals surface area contributed by atoms with Gasteiger partial charge in [0.25, 0.3) is 0 Å². The van der Waals surface area contributed by atoms with Gasteiger partial charge in [-0.2, -0.15) is 0 Å². The van der Waals surface area contributed by atoms with E-state index in [1.807, 2.05) is 18.7 Å². The predicted octanol–water partition coefficient (Wildman–Crippen LogP) is 1.61. The molecule has 1 fully saturated rings. The van der Waals surface area contributed by atoms with Crippen molar-refractivity contribution in [3.8, 4) is 0 Å². The fraction of sp³-hybridized carbons (Fsp3) is 0.571. The van der Waals surface area contributed by atoms with Crippen LogP contribution < -0.4 is 4.90 Å². The molecular weight excluding hydrogens is 276 g/mol. The molecule has 2 rings (SSSR count). The van der Waals surface area contributed by atoms with Crippen LogP contribution in [0.3, 0.4) is 0 Å². The van der Waals surface area contributed by atoms with Crippen LogP contribution in [0.5, 0.6) is 0 Å². The molecule has 2 heterocycles. The van der Waals surface area contributed by atoms with E-state index in [0.717, 1.165) is 0 Å². The third-order valence-corrected chi connectivity index (χ3v) is 5.23. The molecule has 110 valence electrons. The highest BCUT2D eigenvalue weighted by Gasteiger charge is 2.35. The Kier molecular flexibility index (Phi) is 4.42. The van der Waals surface area contributed by atoms with Crippen molar-refractivity contribution < 1.29 is 13.7 Å². The molecule has 0 radical (unpaired) electrons. The highest BCUT2D eigenvalue weighted by molar-refractivity contribution is 7.86. The van der Waals surface area contributed by atoms with Crippen LogP contribution in [0, 0.1) is 0 Å². The van der Waals surface area contributed by atoms with Gasteiger partial charge in [-0.05, 0) is 32.9 Å². The number of nitrogens with zero attached hydrogens (tertiary/aromatic N) is 2. The van der Waals surface area contributed by atoms with Gasteiger partial charge in [-0.15, -0.1) is 0 Å². The average Bonchev–Trinajstić information content (AvgIpc) is 2.42. The molecule has 0 saturated carbocycles. The zero-order valence-corrected chi connectivity index (χ0v) is 12.9.